The van der Waals surface area contributed by atoms with Crippen molar-refractivity contribution >= 4 is 45.6 Å². The molecule has 6 heteroatoms. The highest BCUT2D eigenvalue weighted by molar-refractivity contribution is 6.42. The number of benzene rings is 1. The van der Waals surface area contributed by atoms with Crippen LogP contribution < -0.4 is 5.32 Å². The second kappa shape index (κ2) is 4.48. The summed E-state index contributed by atoms with van der Waals surface area (Å²) in [5.74, 6) is 0. The third-order valence-corrected chi connectivity index (χ3v) is 3.29. The monoisotopic (exact) mass is 278 g/mol. The van der Waals surface area contributed by atoms with Crippen molar-refractivity contribution in [2.75, 3.05) is 5.32 Å². The van der Waals surface area contributed by atoms with Crippen LogP contribution in [-0.2, 0) is 0 Å². The zero-order valence-corrected chi connectivity index (χ0v) is 10.6. The number of halogens is 2. The maximum atomic E-state index is 5.97. The minimum atomic E-state index is 0.513. The fourth-order valence-corrected chi connectivity index (χ4v) is 1.99. The van der Waals surface area contributed by atoms with Gasteiger partial charge in [0.2, 0.25) is 0 Å². The van der Waals surface area contributed by atoms with Crippen LogP contribution in [0.1, 0.15) is 0 Å². The van der Waals surface area contributed by atoms with Gasteiger partial charge in [-0.3, -0.25) is 5.10 Å². The average Bonchev–Trinajstić information content (AvgIpc) is 2.83. The Morgan fingerprint density at radius 1 is 1.11 bits per heavy atom. The Labute approximate surface area is 113 Å². The Balaban J connectivity index is 2.01. The second-order valence-electron chi connectivity index (χ2n) is 3.74. The number of nitrogens with zero attached hydrogens (tertiary/aromatic N) is 2. The molecule has 0 spiro atoms. The van der Waals surface area contributed by atoms with E-state index in [-0.39, 0.29) is 0 Å². The third-order valence-electron chi connectivity index (χ3n) is 2.55. The summed E-state index contributed by atoms with van der Waals surface area (Å²) in [6.07, 6.45) is 3.43. The van der Waals surface area contributed by atoms with Crippen LogP contribution in [0.15, 0.2) is 36.7 Å². The van der Waals surface area contributed by atoms with Crippen LogP contribution in [0.2, 0.25) is 10.0 Å². The van der Waals surface area contributed by atoms with E-state index in [0.717, 1.165) is 22.4 Å². The number of aromatic nitrogens is 3. The topological polar surface area (TPSA) is 53.6 Å². The minimum absolute atomic E-state index is 0.513. The SMILES string of the molecule is Clc1ccc(Nc2ccnc3[nH]ncc23)cc1Cl. The van der Waals surface area contributed by atoms with Crippen LogP contribution in [0.5, 0.6) is 0 Å². The highest BCUT2D eigenvalue weighted by Crippen LogP contribution is 2.28. The standard InChI is InChI=1S/C12H8Cl2N4/c13-9-2-1-7(5-10(9)14)17-11-3-4-15-12-8(11)6-16-18-12/h1-6H,(H2,15,16,17,18). The Bertz CT molecular complexity index is 708. The molecule has 0 bridgehead atoms. The fraction of sp³-hybridized carbons (Fsp3) is 0. The number of aromatic amines is 1. The molecule has 4 nitrogen and oxygen atoms in total. The zero-order valence-electron chi connectivity index (χ0n) is 9.11. The van der Waals surface area contributed by atoms with Crippen molar-refractivity contribution in [3.63, 3.8) is 0 Å². The van der Waals surface area contributed by atoms with Gasteiger partial charge in [0.15, 0.2) is 5.65 Å². The summed E-state index contributed by atoms with van der Waals surface area (Å²) < 4.78 is 0. The molecule has 0 radical (unpaired) electrons. The van der Waals surface area contributed by atoms with Gasteiger partial charge in [-0.1, -0.05) is 23.2 Å². The van der Waals surface area contributed by atoms with E-state index in [4.69, 9.17) is 23.2 Å². The number of rotatable bonds is 2. The molecule has 0 saturated heterocycles. The highest BCUT2D eigenvalue weighted by atomic mass is 35.5. The summed E-state index contributed by atoms with van der Waals surface area (Å²) >= 11 is 11.9. The van der Waals surface area contributed by atoms with Crippen LogP contribution in [0.4, 0.5) is 11.4 Å². The van der Waals surface area contributed by atoms with Gasteiger partial charge in [-0.2, -0.15) is 5.10 Å². The Kier molecular flexibility index (Phi) is 2.81. The smallest absolute Gasteiger partial charge is 0.157 e. The molecule has 0 aliphatic rings. The van der Waals surface area contributed by atoms with Crippen molar-refractivity contribution in [3.8, 4) is 0 Å². The van der Waals surface area contributed by atoms with E-state index in [1.165, 1.54) is 0 Å². The molecule has 3 aromatic rings. The lowest BCUT2D eigenvalue weighted by Crippen LogP contribution is -1.91. The van der Waals surface area contributed by atoms with Crippen molar-refractivity contribution < 1.29 is 0 Å². The van der Waals surface area contributed by atoms with Crippen molar-refractivity contribution in [1.29, 1.82) is 0 Å². The van der Waals surface area contributed by atoms with Gasteiger partial charge in [0.1, 0.15) is 0 Å². The van der Waals surface area contributed by atoms with Crippen LogP contribution in [0, 0.1) is 0 Å². The van der Waals surface area contributed by atoms with Gasteiger partial charge in [0, 0.05) is 11.9 Å². The maximum Gasteiger partial charge on any atom is 0.157 e. The van der Waals surface area contributed by atoms with E-state index < -0.39 is 0 Å². The molecule has 0 aliphatic heterocycles. The molecule has 0 atom stereocenters. The van der Waals surface area contributed by atoms with Crippen molar-refractivity contribution in [2.24, 2.45) is 0 Å². The number of nitrogens with one attached hydrogen (secondary N) is 2. The number of hydrogen-bond donors (Lipinski definition) is 2. The minimum Gasteiger partial charge on any atom is -0.355 e. The van der Waals surface area contributed by atoms with Gasteiger partial charge in [-0.15, -0.1) is 0 Å². The summed E-state index contributed by atoms with van der Waals surface area (Å²) in [5, 5.41) is 12.0. The molecule has 3 rings (SSSR count). The number of pyridine rings is 1. The summed E-state index contributed by atoms with van der Waals surface area (Å²) in [7, 11) is 0. The molecule has 2 aromatic heterocycles. The van der Waals surface area contributed by atoms with Gasteiger partial charge in [0.05, 0.1) is 27.3 Å². The fourth-order valence-electron chi connectivity index (χ4n) is 1.69. The lowest BCUT2D eigenvalue weighted by atomic mass is 10.2. The van der Waals surface area contributed by atoms with Gasteiger partial charge < -0.3 is 5.32 Å². The maximum absolute atomic E-state index is 5.97. The Morgan fingerprint density at radius 3 is 2.83 bits per heavy atom. The largest absolute Gasteiger partial charge is 0.355 e. The molecule has 1 aromatic carbocycles. The first-order valence-corrected chi connectivity index (χ1v) is 6.00. The Morgan fingerprint density at radius 2 is 2.00 bits per heavy atom. The van der Waals surface area contributed by atoms with Gasteiger partial charge in [-0.05, 0) is 24.3 Å². The lowest BCUT2D eigenvalue weighted by molar-refractivity contribution is 1.10. The summed E-state index contributed by atoms with van der Waals surface area (Å²) in [6.45, 7) is 0. The molecule has 0 aliphatic carbocycles. The van der Waals surface area contributed by atoms with E-state index in [1.54, 1.807) is 24.5 Å². The predicted octanol–water partition coefficient (Wildman–Crippen LogP) is 4.01. The van der Waals surface area contributed by atoms with Crippen molar-refractivity contribution in [1.82, 2.24) is 15.2 Å². The molecule has 2 heterocycles. The van der Waals surface area contributed by atoms with E-state index in [2.05, 4.69) is 20.5 Å². The first-order valence-electron chi connectivity index (χ1n) is 5.24. The summed E-state index contributed by atoms with van der Waals surface area (Å²) in [6, 6.07) is 7.26. The van der Waals surface area contributed by atoms with E-state index in [1.807, 2.05) is 12.1 Å². The summed E-state index contributed by atoms with van der Waals surface area (Å²) in [4.78, 5) is 4.17. The van der Waals surface area contributed by atoms with E-state index in [9.17, 15) is 0 Å². The van der Waals surface area contributed by atoms with Gasteiger partial charge >= 0.3 is 0 Å². The summed E-state index contributed by atoms with van der Waals surface area (Å²) in [5.41, 5.74) is 2.50. The van der Waals surface area contributed by atoms with Gasteiger partial charge in [0.25, 0.3) is 0 Å². The molecule has 18 heavy (non-hydrogen) atoms. The van der Waals surface area contributed by atoms with Crippen LogP contribution in [0.3, 0.4) is 0 Å². The van der Waals surface area contributed by atoms with Crippen LogP contribution >= 0.6 is 23.2 Å². The molecule has 0 saturated carbocycles. The van der Waals surface area contributed by atoms with Crippen molar-refractivity contribution in [3.05, 3.63) is 46.7 Å². The Hall–Kier alpha value is -1.78. The van der Waals surface area contributed by atoms with E-state index >= 15 is 0 Å². The quantitative estimate of drug-likeness (QED) is 0.745. The number of fused-ring (bicyclic) bond motifs is 1. The molecule has 0 amide bonds. The predicted molar refractivity (Wildman–Crippen MR) is 73.6 cm³/mol. The molecule has 0 fully saturated rings. The number of hydrogen-bond acceptors (Lipinski definition) is 3. The molecule has 2 N–H and O–H groups in total. The third kappa shape index (κ3) is 2.00. The molecular formula is C12H8Cl2N4. The molecule has 0 unspecified atom stereocenters. The highest BCUT2D eigenvalue weighted by Gasteiger charge is 2.05. The van der Waals surface area contributed by atoms with Crippen LogP contribution in [-0.4, -0.2) is 15.2 Å². The first-order chi connectivity index (χ1) is 8.74. The van der Waals surface area contributed by atoms with Gasteiger partial charge in [-0.25, -0.2) is 4.98 Å². The normalized spacial score (nSPS) is 10.8. The van der Waals surface area contributed by atoms with Crippen molar-refractivity contribution in [2.45, 2.75) is 0 Å². The lowest BCUT2D eigenvalue weighted by Gasteiger charge is -2.08. The van der Waals surface area contributed by atoms with E-state index in [0.29, 0.717) is 10.0 Å². The zero-order chi connectivity index (χ0) is 12.5. The number of anilines is 2. The first kappa shape index (κ1) is 11.3. The molecular weight excluding hydrogens is 271 g/mol. The molecule has 90 valence electrons. The van der Waals surface area contributed by atoms with Crippen LogP contribution in [0.25, 0.3) is 11.0 Å². The number of H-pyrrole nitrogens is 1. The average molecular weight is 279 g/mol. The second-order valence-corrected chi connectivity index (χ2v) is 4.56.